The van der Waals surface area contributed by atoms with Crippen molar-refractivity contribution in [3.63, 3.8) is 0 Å². The Labute approximate surface area is 106 Å². The Balaban J connectivity index is 2.73. The van der Waals surface area contributed by atoms with Gasteiger partial charge in [0.2, 0.25) is 0 Å². The minimum Gasteiger partial charge on any atom is -0.396 e. The smallest absolute Gasteiger partial charge is 0.128 e. The fourth-order valence-corrected chi connectivity index (χ4v) is 1.86. The summed E-state index contributed by atoms with van der Waals surface area (Å²) in [5.41, 5.74) is 0.272. The molecule has 0 spiro atoms. The number of hydrogen-bond donors (Lipinski definition) is 2. The zero-order valence-corrected chi connectivity index (χ0v) is 10.6. The highest BCUT2D eigenvalue weighted by Crippen LogP contribution is 2.18. The van der Waals surface area contributed by atoms with Crippen molar-refractivity contribution in [1.29, 1.82) is 0 Å². The van der Waals surface area contributed by atoms with E-state index in [2.05, 4.69) is 5.32 Å². The van der Waals surface area contributed by atoms with Crippen LogP contribution in [0.5, 0.6) is 0 Å². The summed E-state index contributed by atoms with van der Waals surface area (Å²) in [6.07, 6.45) is 0.495. The lowest BCUT2D eigenvalue weighted by molar-refractivity contribution is 0.143. The van der Waals surface area contributed by atoms with E-state index in [0.717, 1.165) is 12.1 Å². The average molecular weight is 259 g/mol. The molecule has 18 heavy (non-hydrogen) atoms. The lowest BCUT2D eigenvalue weighted by Crippen LogP contribution is -2.36. The van der Waals surface area contributed by atoms with Gasteiger partial charge in [-0.1, -0.05) is 0 Å². The van der Waals surface area contributed by atoms with Crippen LogP contribution in [0.15, 0.2) is 18.2 Å². The lowest BCUT2D eigenvalue weighted by Gasteiger charge is -2.22. The van der Waals surface area contributed by atoms with Crippen LogP contribution in [0.3, 0.4) is 0 Å². The maximum absolute atomic E-state index is 13.6. The predicted octanol–water partition coefficient (Wildman–Crippen LogP) is 2.01. The minimum absolute atomic E-state index is 0.0133. The largest absolute Gasteiger partial charge is 0.396 e. The summed E-state index contributed by atoms with van der Waals surface area (Å²) in [6.45, 7) is 2.17. The number of methoxy groups -OCH3 is 1. The summed E-state index contributed by atoms with van der Waals surface area (Å²) in [4.78, 5) is 0. The first-order chi connectivity index (χ1) is 8.58. The van der Waals surface area contributed by atoms with Crippen molar-refractivity contribution in [1.82, 2.24) is 5.32 Å². The molecule has 0 aliphatic heterocycles. The highest BCUT2D eigenvalue weighted by atomic mass is 19.1. The van der Waals surface area contributed by atoms with Crippen molar-refractivity contribution in [2.24, 2.45) is 0 Å². The van der Waals surface area contributed by atoms with Crippen LogP contribution in [-0.4, -0.2) is 31.5 Å². The van der Waals surface area contributed by atoms with E-state index in [1.54, 1.807) is 14.0 Å². The molecule has 0 aromatic heterocycles. The van der Waals surface area contributed by atoms with Gasteiger partial charge in [0.05, 0.1) is 6.61 Å². The second kappa shape index (κ2) is 7.41. The normalized spacial score (nSPS) is 14.5. The Morgan fingerprint density at radius 2 is 2.11 bits per heavy atom. The van der Waals surface area contributed by atoms with Gasteiger partial charge in [0.1, 0.15) is 11.6 Å². The van der Waals surface area contributed by atoms with E-state index in [9.17, 15) is 8.78 Å². The van der Waals surface area contributed by atoms with Gasteiger partial charge in [-0.05, 0) is 31.5 Å². The molecule has 2 unspecified atom stereocenters. The predicted molar refractivity (Wildman–Crippen MR) is 65.3 cm³/mol. The first-order valence-corrected chi connectivity index (χ1v) is 5.89. The van der Waals surface area contributed by atoms with Crippen LogP contribution in [0.2, 0.25) is 0 Å². The van der Waals surface area contributed by atoms with E-state index in [0.29, 0.717) is 13.0 Å². The molecule has 0 heterocycles. The number of hydrogen-bond acceptors (Lipinski definition) is 3. The highest BCUT2D eigenvalue weighted by Gasteiger charge is 2.16. The number of ether oxygens (including phenoxy) is 1. The molecule has 1 rings (SSSR count). The van der Waals surface area contributed by atoms with Crippen molar-refractivity contribution < 1.29 is 18.6 Å². The maximum Gasteiger partial charge on any atom is 0.128 e. The molecular formula is C13H19F2NO2. The number of nitrogens with one attached hydrogen (secondary N) is 1. The molecular weight excluding hydrogens is 240 g/mol. The Morgan fingerprint density at radius 3 is 2.72 bits per heavy atom. The first kappa shape index (κ1) is 15.0. The monoisotopic (exact) mass is 259 g/mol. The Hall–Kier alpha value is -1.04. The zero-order valence-electron chi connectivity index (χ0n) is 10.6. The Morgan fingerprint density at radius 1 is 1.39 bits per heavy atom. The molecule has 2 atom stereocenters. The van der Waals surface area contributed by atoms with Crippen LogP contribution in [0.1, 0.15) is 24.9 Å². The molecule has 0 fully saturated rings. The SMILES string of the molecule is COCC(CCO)NC(C)c1cc(F)ccc1F. The van der Waals surface area contributed by atoms with Gasteiger partial charge in [0.25, 0.3) is 0 Å². The van der Waals surface area contributed by atoms with E-state index in [-0.39, 0.29) is 24.3 Å². The molecule has 1 aromatic rings. The number of rotatable bonds is 7. The molecule has 2 N–H and O–H groups in total. The van der Waals surface area contributed by atoms with Gasteiger partial charge in [0, 0.05) is 31.4 Å². The van der Waals surface area contributed by atoms with Gasteiger partial charge in [-0.15, -0.1) is 0 Å². The topological polar surface area (TPSA) is 41.5 Å². The van der Waals surface area contributed by atoms with Crippen molar-refractivity contribution in [3.8, 4) is 0 Å². The number of aliphatic hydroxyl groups excluding tert-OH is 1. The quantitative estimate of drug-likeness (QED) is 0.787. The van der Waals surface area contributed by atoms with Crippen molar-refractivity contribution in [2.45, 2.75) is 25.4 Å². The summed E-state index contributed by atoms with van der Waals surface area (Å²) in [7, 11) is 1.56. The Kier molecular flexibility index (Phi) is 6.18. The standard InChI is InChI=1S/C13H19F2NO2/c1-9(16-11(5-6-17)8-18-2)12-7-10(14)3-4-13(12)15/h3-4,7,9,11,16-17H,5-6,8H2,1-2H3. The Bertz CT molecular complexity index is 368. The number of halogens is 2. The van der Waals surface area contributed by atoms with Crippen molar-refractivity contribution >= 4 is 0 Å². The van der Waals surface area contributed by atoms with Crippen LogP contribution < -0.4 is 5.32 Å². The molecule has 0 radical (unpaired) electrons. The highest BCUT2D eigenvalue weighted by molar-refractivity contribution is 5.21. The van der Waals surface area contributed by atoms with Gasteiger partial charge in [-0.2, -0.15) is 0 Å². The molecule has 0 amide bonds. The third kappa shape index (κ3) is 4.33. The summed E-state index contributed by atoms with van der Waals surface area (Å²) < 4.78 is 31.6. The molecule has 5 heteroatoms. The van der Waals surface area contributed by atoms with E-state index in [1.807, 2.05) is 0 Å². The minimum atomic E-state index is -0.467. The van der Waals surface area contributed by atoms with Crippen LogP contribution in [0.4, 0.5) is 8.78 Å². The van der Waals surface area contributed by atoms with E-state index in [1.165, 1.54) is 6.07 Å². The third-order valence-corrected chi connectivity index (χ3v) is 2.76. The van der Waals surface area contributed by atoms with Gasteiger partial charge in [0.15, 0.2) is 0 Å². The lowest BCUT2D eigenvalue weighted by atomic mass is 10.1. The van der Waals surface area contributed by atoms with E-state index >= 15 is 0 Å². The van der Waals surface area contributed by atoms with Crippen LogP contribution in [0, 0.1) is 11.6 Å². The first-order valence-electron chi connectivity index (χ1n) is 5.89. The second-order valence-electron chi connectivity index (χ2n) is 4.22. The maximum atomic E-state index is 13.6. The molecule has 3 nitrogen and oxygen atoms in total. The fourth-order valence-electron chi connectivity index (χ4n) is 1.86. The molecule has 0 saturated heterocycles. The average Bonchev–Trinajstić information content (AvgIpc) is 2.33. The van der Waals surface area contributed by atoms with E-state index in [4.69, 9.17) is 9.84 Å². The number of benzene rings is 1. The van der Waals surface area contributed by atoms with Gasteiger partial charge >= 0.3 is 0 Å². The molecule has 0 aliphatic carbocycles. The molecule has 0 bridgehead atoms. The third-order valence-electron chi connectivity index (χ3n) is 2.76. The van der Waals surface area contributed by atoms with Gasteiger partial charge in [-0.3, -0.25) is 0 Å². The molecule has 102 valence electrons. The molecule has 0 aliphatic rings. The second-order valence-corrected chi connectivity index (χ2v) is 4.22. The number of aliphatic hydroxyl groups is 1. The summed E-state index contributed by atoms with van der Waals surface area (Å²) in [5, 5.41) is 12.0. The summed E-state index contributed by atoms with van der Waals surface area (Å²) >= 11 is 0. The summed E-state index contributed by atoms with van der Waals surface area (Å²) in [6, 6.07) is 2.92. The van der Waals surface area contributed by atoms with E-state index < -0.39 is 11.6 Å². The van der Waals surface area contributed by atoms with Crippen molar-refractivity contribution in [3.05, 3.63) is 35.4 Å². The van der Waals surface area contributed by atoms with Crippen LogP contribution in [0.25, 0.3) is 0 Å². The fraction of sp³-hybridized carbons (Fsp3) is 0.538. The van der Waals surface area contributed by atoms with Crippen molar-refractivity contribution in [2.75, 3.05) is 20.3 Å². The summed E-state index contributed by atoms with van der Waals surface area (Å²) in [5.74, 6) is -0.915. The molecule has 0 saturated carbocycles. The van der Waals surface area contributed by atoms with Gasteiger partial charge in [-0.25, -0.2) is 8.78 Å². The van der Waals surface area contributed by atoms with Crippen LogP contribution in [-0.2, 0) is 4.74 Å². The van der Waals surface area contributed by atoms with Gasteiger partial charge < -0.3 is 15.2 Å². The zero-order chi connectivity index (χ0) is 13.5. The van der Waals surface area contributed by atoms with Crippen LogP contribution >= 0.6 is 0 Å². The molecule has 1 aromatic carbocycles.